The lowest BCUT2D eigenvalue weighted by Gasteiger charge is -2.33. The highest BCUT2D eigenvalue weighted by Crippen LogP contribution is 2.86. The second kappa shape index (κ2) is 2.02. The molecular weight excluding hydrogens is 160 g/mol. The van der Waals surface area contributed by atoms with Gasteiger partial charge in [0.2, 0.25) is 0 Å². The van der Waals surface area contributed by atoms with Crippen LogP contribution in [0.3, 0.4) is 0 Å². The smallest absolute Gasteiger partial charge is 0.120 e. The van der Waals surface area contributed by atoms with Gasteiger partial charge in [0.1, 0.15) is 6.29 Å². The van der Waals surface area contributed by atoms with Crippen molar-refractivity contribution in [1.82, 2.24) is 0 Å². The molecule has 1 heteroatoms. The Kier molecular flexibility index (Phi) is 1.24. The second-order valence-corrected chi connectivity index (χ2v) is 5.79. The number of hydrogen-bond acceptors (Lipinski definition) is 1. The summed E-state index contributed by atoms with van der Waals surface area (Å²) < 4.78 is 0. The monoisotopic (exact) mass is 178 g/mol. The number of hydrogen-bond donors (Lipinski definition) is 0. The van der Waals surface area contributed by atoms with Gasteiger partial charge in [0, 0.05) is 6.42 Å². The van der Waals surface area contributed by atoms with Gasteiger partial charge >= 0.3 is 0 Å². The van der Waals surface area contributed by atoms with E-state index in [0.717, 1.165) is 36.9 Å². The van der Waals surface area contributed by atoms with Gasteiger partial charge < -0.3 is 4.79 Å². The molecule has 4 fully saturated rings. The van der Waals surface area contributed by atoms with Crippen molar-refractivity contribution in [3.63, 3.8) is 0 Å². The van der Waals surface area contributed by atoms with Gasteiger partial charge in [0.05, 0.1) is 0 Å². The molecule has 0 aromatic carbocycles. The summed E-state index contributed by atoms with van der Waals surface area (Å²) >= 11 is 0. The van der Waals surface area contributed by atoms with Crippen LogP contribution in [0.25, 0.3) is 0 Å². The largest absolute Gasteiger partial charge is 0.303 e. The molecule has 13 heavy (non-hydrogen) atoms. The molecule has 4 bridgehead atoms. The Balaban J connectivity index is 1.88. The molecular formula is C12H18O. The summed E-state index contributed by atoms with van der Waals surface area (Å²) in [5, 5.41) is 0. The number of aldehydes is 1. The summed E-state index contributed by atoms with van der Waals surface area (Å²) in [6.45, 7) is 4.91. The zero-order valence-electron chi connectivity index (χ0n) is 8.55. The standard InChI is InChI=1S/C12H18O/c1-11(4-3-5-13)8-6-9-10(7-8)12(9,11)2/h5,8-10H,3-4,6-7H2,1-2H3/t8-,9+,10?,11-,12?/m1/s1. The molecule has 0 saturated heterocycles. The number of rotatable bonds is 3. The SMILES string of the molecule is CC12C3C[C@@H](C[C@@H]31)[C@@]2(C)CCC=O. The van der Waals surface area contributed by atoms with Crippen LogP contribution in [0, 0.1) is 28.6 Å². The van der Waals surface area contributed by atoms with Crippen LogP contribution >= 0.6 is 0 Å². The second-order valence-electron chi connectivity index (χ2n) is 5.79. The summed E-state index contributed by atoms with van der Waals surface area (Å²) in [6.07, 6.45) is 5.96. The van der Waals surface area contributed by atoms with Crippen molar-refractivity contribution in [3.8, 4) is 0 Å². The molecule has 0 spiro atoms. The van der Waals surface area contributed by atoms with E-state index in [-0.39, 0.29) is 0 Å². The third-order valence-corrected chi connectivity index (χ3v) is 5.91. The van der Waals surface area contributed by atoms with Crippen molar-refractivity contribution in [2.24, 2.45) is 28.6 Å². The number of carbonyl (C=O) groups is 1. The Morgan fingerprint density at radius 3 is 2.31 bits per heavy atom. The molecule has 0 aromatic heterocycles. The van der Waals surface area contributed by atoms with Crippen LogP contribution < -0.4 is 0 Å². The Morgan fingerprint density at radius 1 is 1.31 bits per heavy atom. The Bertz CT molecular complexity index is 258. The van der Waals surface area contributed by atoms with Crippen molar-refractivity contribution in [1.29, 1.82) is 0 Å². The van der Waals surface area contributed by atoms with Gasteiger partial charge in [-0.2, -0.15) is 0 Å². The Morgan fingerprint density at radius 2 is 1.92 bits per heavy atom. The summed E-state index contributed by atoms with van der Waals surface area (Å²) in [4.78, 5) is 10.4. The van der Waals surface area contributed by atoms with E-state index in [4.69, 9.17) is 0 Å². The highest BCUT2D eigenvalue weighted by atomic mass is 16.1. The summed E-state index contributed by atoms with van der Waals surface area (Å²) in [7, 11) is 0. The van der Waals surface area contributed by atoms with E-state index in [2.05, 4.69) is 13.8 Å². The lowest BCUT2D eigenvalue weighted by molar-refractivity contribution is -0.108. The predicted octanol–water partition coefficient (Wildman–Crippen LogP) is 2.65. The van der Waals surface area contributed by atoms with Gasteiger partial charge in [-0.25, -0.2) is 0 Å². The summed E-state index contributed by atoms with van der Waals surface area (Å²) in [6, 6.07) is 0. The van der Waals surface area contributed by atoms with Crippen LogP contribution in [0.1, 0.15) is 39.5 Å². The first-order valence-corrected chi connectivity index (χ1v) is 5.58. The van der Waals surface area contributed by atoms with Crippen molar-refractivity contribution in [2.75, 3.05) is 0 Å². The van der Waals surface area contributed by atoms with Gasteiger partial charge in [-0.1, -0.05) is 13.8 Å². The van der Waals surface area contributed by atoms with Crippen molar-refractivity contribution in [2.45, 2.75) is 39.5 Å². The van der Waals surface area contributed by atoms with E-state index in [1.165, 1.54) is 12.8 Å². The highest BCUT2D eigenvalue weighted by molar-refractivity contribution is 5.49. The van der Waals surface area contributed by atoms with Crippen LogP contribution in [-0.4, -0.2) is 6.29 Å². The zero-order valence-corrected chi connectivity index (χ0v) is 8.55. The predicted molar refractivity (Wildman–Crippen MR) is 51.2 cm³/mol. The van der Waals surface area contributed by atoms with Gasteiger partial charge in [-0.3, -0.25) is 0 Å². The van der Waals surface area contributed by atoms with Gasteiger partial charge in [0.25, 0.3) is 0 Å². The van der Waals surface area contributed by atoms with E-state index in [0.29, 0.717) is 10.8 Å². The fourth-order valence-corrected chi connectivity index (χ4v) is 4.86. The normalized spacial score (nSPS) is 61.2. The molecule has 4 aliphatic carbocycles. The van der Waals surface area contributed by atoms with Crippen LogP contribution in [0.15, 0.2) is 0 Å². The third kappa shape index (κ3) is 0.628. The molecule has 2 unspecified atom stereocenters. The molecule has 0 heterocycles. The minimum Gasteiger partial charge on any atom is -0.303 e. The molecule has 0 N–H and O–H groups in total. The van der Waals surface area contributed by atoms with E-state index in [1.807, 2.05) is 0 Å². The Hall–Kier alpha value is -0.330. The van der Waals surface area contributed by atoms with Crippen molar-refractivity contribution < 1.29 is 4.79 Å². The van der Waals surface area contributed by atoms with Crippen molar-refractivity contribution in [3.05, 3.63) is 0 Å². The molecule has 1 nitrogen and oxygen atoms in total. The summed E-state index contributed by atoms with van der Waals surface area (Å²) in [5.41, 5.74) is 1.16. The molecule has 4 aliphatic rings. The quantitative estimate of drug-likeness (QED) is 0.607. The molecule has 4 saturated carbocycles. The maximum absolute atomic E-state index is 10.4. The van der Waals surface area contributed by atoms with Crippen LogP contribution in [0.2, 0.25) is 0 Å². The molecule has 4 rings (SSSR count). The zero-order chi connectivity index (χ0) is 9.27. The van der Waals surface area contributed by atoms with Crippen molar-refractivity contribution >= 4 is 6.29 Å². The highest BCUT2D eigenvalue weighted by Gasteiger charge is 2.80. The van der Waals surface area contributed by atoms with E-state index in [9.17, 15) is 4.79 Å². The maximum atomic E-state index is 10.4. The molecule has 0 amide bonds. The van der Waals surface area contributed by atoms with Crippen LogP contribution in [0.5, 0.6) is 0 Å². The average Bonchev–Trinajstić information content (AvgIpc) is 2.54. The molecule has 0 radical (unpaired) electrons. The van der Waals surface area contributed by atoms with Crippen LogP contribution in [0.4, 0.5) is 0 Å². The maximum Gasteiger partial charge on any atom is 0.120 e. The molecule has 0 aromatic rings. The first-order valence-electron chi connectivity index (χ1n) is 5.58. The first kappa shape index (κ1) is 8.02. The minimum atomic E-state index is 0.517. The van der Waals surface area contributed by atoms with E-state index in [1.54, 1.807) is 0 Å². The van der Waals surface area contributed by atoms with Crippen LogP contribution in [-0.2, 0) is 4.79 Å². The fraction of sp³-hybridized carbons (Fsp3) is 0.917. The lowest BCUT2D eigenvalue weighted by atomic mass is 9.71. The lowest BCUT2D eigenvalue weighted by Crippen LogP contribution is -2.27. The number of carbonyl (C=O) groups excluding carboxylic acids is 1. The molecule has 5 atom stereocenters. The van der Waals surface area contributed by atoms with Gasteiger partial charge in [-0.15, -0.1) is 0 Å². The van der Waals surface area contributed by atoms with Gasteiger partial charge in [-0.05, 0) is 47.8 Å². The first-order chi connectivity index (χ1) is 6.14. The minimum absolute atomic E-state index is 0.517. The average molecular weight is 178 g/mol. The van der Waals surface area contributed by atoms with E-state index < -0.39 is 0 Å². The molecule has 0 aliphatic heterocycles. The summed E-state index contributed by atoms with van der Waals surface area (Å²) in [5.74, 6) is 3.02. The fourth-order valence-electron chi connectivity index (χ4n) is 4.86. The topological polar surface area (TPSA) is 17.1 Å². The van der Waals surface area contributed by atoms with E-state index >= 15 is 0 Å². The Labute approximate surface area is 79.9 Å². The van der Waals surface area contributed by atoms with Gasteiger partial charge in [0.15, 0.2) is 0 Å². The molecule has 72 valence electrons. The third-order valence-electron chi connectivity index (χ3n) is 5.91.